The van der Waals surface area contributed by atoms with Gasteiger partial charge in [-0.1, -0.05) is 55.5 Å². The Morgan fingerprint density at radius 1 is 1.04 bits per heavy atom. The Kier molecular flexibility index (Phi) is 4.41. The first-order chi connectivity index (χ1) is 12.2. The van der Waals surface area contributed by atoms with Crippen LogP contribution in [0.15, 0.2) is 67.0 Å². The van der Waals surface area contributed by atoms with E-state index in [0.717, 1.165) is 25.5 Å². The number of imidazole rings is 1. The van der Waals surface area contributed by atoms with Gasteiger partial charge in [0.15, 0.2) is 0 Å². The van der Waals surface area contributed by atoms with Crippen LogP contribution in [0.25, 0.3) is 11.4 Å². The van der Waals surface area contributed by atoms with Crippen molar-refractivity contribution in [2.24, 2.45) is 0 Å². The maximum Gasteiger partial charge on any atom is 0.137 e. The van der Waals surface area contributed by atoms with Crippen LogP contribution in [0.5, 0.6) is 0 Å². The van der Waals surface area contributed by atoms with E-state index in [0.29, 0.717) is 0 Å². The summed E-state index contributed by atoms with van der Waals surface area (Å²) in [7, 11) is 0. The lowest BCUT2D eigenvalue weighted by Gasteiger charge is -2.40. The van der Waals surface area contributed by atoms with E-state index in [2.05, 4.69) is 76.4 Å². The Morgan fingerprint density at radius 2 is 1.84 bits per heavy atom. The molecule has 0 unspecified atom stereocenters. The molecule has 2 heterocycles. The minimum atomic E-state index is 0.246. The van der Waals surface area contributed by atoms with Gasteiger partial charge in [-0.15, -0.1) is 0 Å². The number of rotatable bonds is 4. The number of likely N-dealkylation sites (tertiary alicyclic amines) is 1. The molecule has 3 heteroatoms. The van der Waals surface area contributed by atoms with E-state index >= 15 is 0 Å². The van der Waals surface area contributed by atoms with Crippen molar-refractivity contribution in [3.8, 4) is 11.4 Å². The van der Waals surface area contributed by atoms with Gasteiger partial charge in [0, 0.05) is 24.5 Å². The molecule has 1 saturated heterocycles. The molecule has 0 saturated carbocycles. The summed E-state index contributed by atoms with van der Waals surface area (Å²) in [6.45, 7) is 5.77. The second-order valence-electron chi connectivity index (χ2n) is 7.34. The molecule has 2 aromatic carbocycles. The third-order valence-corrected chi connectivity index (χ3v) is 5.54. The lowest BCUT2D eigenvalue weighted by molar-refractivity contribution is 0.162. The van der Waals surface area contributed by atoms with Crippen LogP contribution in [0.2, 0.25) is 0 Å². The fourth-order valence-electron chi connectivity index (χ4n) is 3.80. The van der Waals surface area contributed by atoms with Crippen LogP contribution in [-0.4, -0.2) is 28.0 Å². The number of benzene rings is 2. The molecule has 0 bridgehead atoms. The topological polar surface area (TPSA) is 31.9 Å². The SMILES string of the molecule is CC1(c2cccc(-c3ncc[nH]3)c2)CCN(Cc2ccccc2)CC1. The number of piperidine rings is 1. The fourth-order valence-corrected chi connectivity index (χ4v) is 3.80. The molecule has 1 N–H and O–H groups in total. The summed E-state index contributed by atoms with van der Waals surface area (Å²) in [5.74, 6) is 0.951. The molecule has 0 amide bonds. The number of aromatic nitrogens is 2. The summed E-state index contributed by atoms with van der Waals surface area (Å²) in [6.07, 6.45) is 6.08. The van der Waals surface area contributed by atoms with Crippen molar-refractivity contribution in [1.29, 1.82) is 0 Å². The molecular weight excluding hydrogens is 306 g/mol. The summed E-state index contributed by atoms with van der Waals surface area (Å²) < 4.78 is 0. The number of H-pyrrole nitrogens is 1. The molecule has 4 rings (SSSR count). The normalized spacial score (nSPS) is 17.5. The first-order valence-corrected chi connectivity index (χ1v) is 9.10. The molecule has 1 aliphatic heterocycles. The molecule has 128 valence electrons. The molecule has 0 aliphatic carbocycles. The summed E-state index contributed by atoms with van der Waals surface area (Å²) in [4.78, 5) is 10.2. The smallest absolute Gasteiger partial charge is 0.137 e. The van der Waals surface area contributed by atoms with E-state index in [4.69, 9.17) is 0 Å². The second-order valence-corrected chi connectivity index (χ2v) is 7.34. The van der Waals surface area contributed by atoms with Crippen LogP contribution >= 0.6 is 0 Å². The monoisotopic (exact) mass is 331 g/mol. The zero-order valence-electron chi connectivity index (χ0n) is 14.8. The first kappa shape index (κ1) is 16.1. The minimum absolute atomic E-state index is 0.246. The Morgan fingerprint density at radius 3 is 2.56 bits per heavy atom. The van der Waals surface area contributed by atoms with Crippen LogP contribution in [0, 0.1) is 0 Å². The van der Waals surface area contributed by atoms with Crippen molar-refractivity contribution in [3.63, 3.8) is 0 Å². The van der Waals surface area contributed by atoms with Crippen molar-refractivity contribution >= 4 is 0 Å². The average Bonchev–Trinajstić information content (AvgIpc) is 3.20. The summed E-state index contributed by atoms with van der Waals surface area (Å²) in [6, 6.07) is 19.7. The Labute approximate surface area is 149 Å². The Balaban J connectivity index is 1.46. The van der Waals surface area contributed by atoms with Gasteiger partial charge in [0.1, 0.15) is 5.82 Å². The standard InChI is InChI=1S/C22H25N3/c1-22(20-9-5-8-19(16-20)21-23-12-13-24-21)10-14-25(15-11-22)17-18-6-3-2-4-7-18/h2-9,12-13,16H,10-11,14-15,17H2,1H3,(H,23,24). The quantitative estimate of drug-likeness (QED) is 0.756. The fraction of sp³-hybridized carbons (Fsp3) is 0.318. The number of hydrogen-bond donors (Lipinski definition) is 1. The number of nitrogens with zero attached hydrogens (tertiary/aromatic N) is 2. The van der Waals surface area contributed by atoms with Crippen LogP contribution in [0.3, 0.4) is 0 Å². The second kappa shape index (κ2) is 6.85. The molecule has 1 fully saturated rings. The van der Waals surface area contributed by atoms with Gasteiger partial charge >= 0.3 is 0 Å². The number of nitrogens with one attached hydrogen (secondary N) is 1. The zero-order chi connectivity index (χ0) is 17.1. The molecule has 1 aromatic heterocycles. The van der Waals surface area contributed by atoms with E-state index in [1.54, 1.807) is 0 Å². The van der Waals surface area contributed by atoms with Gasteiger partial charge < -0.3 is 4.98 Å². The van der Waals surface area contributed by atoms with Crippen molar-refractivity contribution < 1.29 is 0 Å². The largest absolute Gasteiger partial charge is 0.345 e. The third-order valence-electron chi connectivity index (χ3n) is 5.54. The van der Waals surface area contributed by atoms with Gasteiger partial charge in [-0.3, -0.25) is 4.90 Å². The van der Waals surface area contributed by atoms with E-state index in [1.807, 2.05) is 12.4 Å². The van der Waals surface area contributed by atoms with Crippen molar-refractivity contribution in [3.05, 3.63) is 78.1 Å². The summed E-state index contributed by atoms with van der Waals surface area (Å²) in [5, 5.41) is 0. The number of hydrogen-bond acceptors (Lipinski definition) is 2. The van der Waals surface area contributed by atoms with E-state index in [9.17, 15) is 0 Å². The highest BCUT2D eigenvalue weighted by molar-refractivity contribution is 5.56. The van der Waals surface area contributed by atoms with Gasteiger partial charge in [-0.2, -0.15) is 0 Å². The minimum Gasteiger partial charge on any atom is -0.345 e. The summed E-state index contributed by atoms with van der Waals surface area (Å²) >= 11 is 0. The number of aromatic amines is 1. The highest BCUT2D eigenvalue weighted by atomic mass is 15.1. The van der Waals surface area contributed by atoms with Crippen molar-refractivity contribution in [2.75, 3.05) is 13.1 Å². The van der Waals surface area contributed by atoms with Gasteiger partial charge in [0.25, 0.3) is 0 Å². The van der Waals surface area contributed by atoms with Crippen LogP contribution in [-0.2, 0) is 12.0 Å². The predicted octanol–water partition coefficient (Wildman–Crippen LogP) is 4.63. The Hall–Kier alpha value is -2.39. The van der Waals surface area contributed by atoms with Gasteiger partial charge in [0.2, 0.25) is 0 Å². The van der Waals surface area contributed by atoms with Crippen molar-refractivity contribution in [1.82, 2.24) is 14.9 Å². The van der Waals surface area contributed by atoms with Crippen molar-refractivity contribution in [2.45, 2.75) is 31.7 Å². The first-order valence-electron chi connectivity index (χ1n) is 9.10. The zero-order valence-corrected chi connectivity index (χ0v) is 14.8. The van der Waals surface area contributed by atoms with Gasteiger partial charge in [-0.05, 0) is 48.5 Å². The lowest BCUT2D eigenvalue weighted by atomic mass is 9.74. The summed E-state index contributed by atoms with van der Waals surface area (Å²) in [5.41, 5.74) is 4.26. The third kappa shape index (κ3) is 3.52. The molecule has 3 nitrogen and oxygen atoms in total. The highest BCUT2D eigenvalue weighted by Crippen LogP contribution is 2.36. The molecule has 0 radical (unpaired) electrons. The van der Waals surface area contributed by atoms with Gasteiger partial charge in [0.05, 0.1) is 0 Å². The molecule has 3 aromatic rings. The maximum atomic E-state index is 4.39. The lowest BCUT2D eigenvalue weighted by Crippen LogP contribution is -2.40. The van der Waals surface area contributed by atoms with Gasteiger partial charge in [-0.25, -0.2) is 4.98 Å². The van der Waals surface area contributed by atoms with Crippen LogP contribution < -0.4 is 0 Å². The van der Waals surface area contributed by atoms with E-state index in [1.165, 1.54) is 29.5 Å². The molecular formula is C22H25N3. The van der Waals surface area contributed by atoms with Crippen LogP contribution in [0.1, 0.15) is 30.9 Å². The molecule has 1 aliphatic rings. The molecule has 25 heavy (non-hydrogen) atoms. The molecule has 0 atom stereocenters. The predicted molar refractivity (Wildman–Crippen MR) is 102 cm³/mol. The average molecular weight is 331 g/mol. The highest BCUT2D eigenvalue weighted by Gasteiger charge is 2.31. The van der Waals surface area contributed by atoms with E-state index < -0.39 is 0 Å². The Bertz CT molecular complexity index is 800. The molecule has 0 spiro atoms. The van der Waals surface area contributed by atoms with E-state index in [-0.39, 0.29) is 5.41 Å². The maximum absolute atomic E-state index is 4.39. The van der Waals surface area contributed by atoms with Crippen LogP contribution in [0.4, 0.5) is 0 Å².